The van der Waals surface area contributed by atoms with Crippen molar-refractivity contribution in [3.8, 4) is 0 Å². The fourth-order valence-electron chi connectivity index (χ4n) is 1.57. The molecule has 0 amide bonds. The van der Waals surface area contributed by atoms with Crippen LogP contribution in [0.1, 0.15) is 17.4 Å². The van der Waals surface area contributed by atoms with Crippen LogP contribution in [0.2, 0.25) is 0 Å². The zero-order valence-corrected chi connectivity index (χ0v) is 11.4. The molecule has 0 aliphatic carbocycles. The fraction of sp³-hybridized carbons (Fsp3) is 0.300. The van der Waals surface area contributed by atoms with Crippen LogP contribution in [0, 0.1) is 0 Å². The Labute approximate surface area is 109 Å². The fourth-order valence-corrected chi connectivity index (χ4v) is 3.60. The number of aromatic nitrogens is 2. The number of nitrogens with two attached hydrogens (primary N) is 1. The molecule has 0 saturated carbocycles. The number of rotatable bonds is 5. The lowest BCUT2D eigenvalue weighted by molar-refractivity contribution is 0.582. The van der Waals surface area contributed by atoms with Crippen molar-refractivity contribution in [2.45, 2.75) is 24.8 Å². The molecule has 0 aromatic carbocycles. The molecule has 0 unspecified atom stereocenters. The molecule has 0 aliphatic heterocycles. The van der Waals surface area contributed by atoms with E-state index in [1.54, 1.807) is 0 Å². The van der Waals surface area contributed by atoms with Crippen molar-refractivity contribution in [1.29, 1.82) is 0 Å². The number of nitrogens with one attached hydrogen (secondary N) is 2. The van der Waals surface area contributed by atoms with Gasteiger partial charge in [0.05, 0.1) is 6.20 Å². The summed E-state index contributed by atoms with van der Waals surface area (Å²) < 4.78 is 26.4. The first-order valence-corrected chi connectivity index (χ1v) is 7.74. The van der Waals surface area contributed by atoms with Crippen molar-refractivity contribution >= 4 is 27.2 Å². The van der Waals surface area contributed by atoms with Crippen molar-refractivity contribution in [3.63, 3.8) is 0 Å². The van der Waals surface area contributed by atoms with Crippen LogP contribution in [-0.2, 0) is 23.0 Å². The van der Waals surface area contributed by atoms with Crippen LogP contribution in [0.15, 0.2) is 22.5 Å². The van der Waals surface area contributed by atoms with Gasteiger partial charge >= 0.3 is 0 Å². The third-order valence-electron chi connectivity index (χ3n) is 2.56. The number of hydrogen-bond donors (Lipinski definition) is 3. The van der Waals surface area contributed by atoms with Gasteiger partial charge in [0.1, 0.15) is 10.7 Å². The van der Waals surface area contributed by atoms with Crippen molar-refractivity contribution in [3.05, 3.63) is 28.1 Å². The highest BCUT2D eigenvalue weighted by molar-refractivity contribution is 7.89. The van der Waals surface area contributed by atoms with Crippen LogP contribution in [0.25, 0.3) is 0 Å². The van der Waals surface area contributed by atoms with Gasteiger partial charge in [-0.15, -0.1) is 11.3 Å². The summed E-state index contributed by atoms with van der Waals surface area (Å²) in [6, 6.07) is 2.00. The lowest BCUT2D eigenvalue weighted by atomic mass is 10.2. The molecule has 0 saturated heterocycles. The van der Waals surface area contributed by atoms with Crippen LogP contribution in [0.3, 0.4) is 0 Å². The minimum atomic E-state index is -3.61. The van der Waals surface area contributed by atoms with Crippen LogP contribution in [0.4, 0.5) is 5.82 Å². The van der Waals surface area contributed by atoms with E-state index in [1.807, 2.05) is 18.4 Å². The standard InChI is InChI=1S/C10H14N4O2S2/c1-2-7-3-4-17-8(7)5-13-18(15,16)9-6-12-14-10(9)11/h3-4,6,13H,2,5H2,1H3,(H3,11,12,14). The molecular weight excluding hydrogens is 272 g/mol. The summed E-state index contributed by atoms with van der Waals surface area (Å²) in [6.45, 7) is 2.31. The van der Waals surface area contributed by atoms with E-state index in [0.717, 1.165) is 16.9 Å². The minimum Gasteiger partial charge on any atom is -0.383 e. The Morgan fingerprint density at radius 2 is 2.33 bits per heavy atom. The first kappa shape index (κ1) is 13.1. The molecule has 0 aliphatic rings. The molecule has 18 heavy (non-hydrogen) atoms. The lowest BCUT2D eigenvalue weighted by Crippen LogP contribution is -2.23. The molecule has 2 aromatic heterocycles. The number of thiophene rings is 1. The smallest absolute Gasteiger partial charge is 0.246 e. The highest BCUT2D eigenvalue weighted by Crippen LogP contribution is 2.19. The van der Waals surface area contributed by atoms with Gasteiger partial charge in [-0.05, 0) is 23.4 Å². The molecule has 0 radical (unpaired) electrons. The number of sulfonamides is 1. The van der Waals surface area contributed by atoms with Gasteiger partial charge < -0.3 is 5.73 Å². The van der Waals surface area contributed by atoms with Gasteiger partial charge in [0.15, 0.2) is 0 Å². The van der Waals surface area contributed by atoms with E-state index < -0.39 is 10.0 Å². The number of nitrogen functional groups attached to an aromatic ring is 1. The van der Waals surface area contributed by atoms with E-state index in [2.05, 4.69) is 14.9 Å². The summed E-state index contributed by atoms with van der Waals surface area (Å²) in [5, 5.41) is 7.95. The number of anilines is 1. The number of aromatic amines is 1. The van der Waals surface area contributed by atoms with E-state index in [1.165, 1.54) is 17.5 Å². The maximum Gasteiger partial charge on any atom is 0.246 e. The van der Waals surface area contributed by atoms with Crippen molar-refractivity contribution in [2.75, 3.05) is 5.73 Å². The average Bonchev–Trinajstić information content (AvgIpc) is 2.94. The molecule has 6 nitrogen and oxygen atoms in total. The second kappa shape index (κ2) is 5.09. The second-order valence-electron chi connectivity index (χ2n) is 3.70. The molecule has 4 N–H and O–H groups in total. The summed E-state index contributed by atoms with van der Waals surface area (Å²) in [4.78, 5) is 1.00. The molecule has 98 valence electrons. The SMILES string of the molecule is CCc1ccsc1CNS(=O)(=O)c1cn[nH]c1N. The monoisotopic (exact) mass is 286 g/mol. The zero-order chi connectivity index (χ0) is 13.2. The summed E-state index contributed by atoms with van der Waals surface area (Å²) in [7, 11) is -3.61. The minimum absolute atomic E-state index is 0.0166. The Morgan fingerprint density at radius 3 is 2.94 bits per heavy atom. The summed E-state index contributed by atoms with van der Waals surface area (Å²) in [5.41, 5.74) is 6.65. The number of hydrogen-bond acceptors (Lipinski definition) is 5. The molecule has 2 aromatic rings. The van der Waals surface area contributed by atoms with Crippen LogP contribution >= 0.6 is 11.3 Å². The van der Waals surface area contributed by atoms with Crippen molar-refractivity contribution in [2.24, 2.45) is 0 Å². The van der Waals surface area contributed by atoms with E-state index in [9.17, 15) is 8.42 Å². The van der Waals surface area contributed by atoms with E-state index in [0.29, 0.717) is 0 Å². The largest absolute Gasteiger partial charge is 0.383 e. The third-order valence-corrected chi connectivity index (χ3v) is 4.96. The van der Waals surface area contributed by atoms with Gasteiger partial charge in [-0.1, -0.05) is 6.92 Å². The van der Waals surface area contributed by atoms with Gasteiger partial charge in [-0.2, -0.15) is 5.10 Å². The molecule has 0 atom stereocenters. The topological polar surface area (TPSA) is 101 Å². The van der Waals surface area contributed by atoms with E-state index >= 15 is 0 Å². The van der Waals surface area contributed by atoms with Gasteiger partial charge in [0, 0.05) is 11.4 Å². The molecule has 2 heterocycles. The highest BCUT2D eigenvalue weighted by Gasteiger charge is 2.19. The number of aryl methyl sites for hydroxylation is 1. The van der Waals surface area contributed by atoms with Gasteiger partial charge in [0.2, 0.25) is 10.0 Å². The molecule has 0 bridgehead atoms. The highest BCUT2D eigenvalue weighted by atomic mass is 32.2. The Balaban J connectivity index is 2.13. The average molecular weight is 286 g/mol. The molecule has 2 rings (SSSR count). The van der Waals surface area contributed by atoms with Gasteiger partial charge in [-0.25, -0.2) is 13.1 Å². The van der Waals surface area contributed by atoms with Crippen LogP contribution < -0.4 is 10.5 Å². The van der Waals surface area contributed by atoms with Crippen LogP contribution in [0.5, 0.6) is 0 Å². The Kier molecular flexibility index (Phi) is 3.69. The second-order valence-corrected chi connectivity index (χ2v) is 6.43. The molecule has 8 heteroatoms. The Hall–Kier alpha value is -1.38. The normalized spacial score (nSPS) is 11.8. The summed E-state index contributed by atoms with van der Waals surface area (Å²) >= 11 is 1.53. The summed E-state index contributed by atoms with van der Waals surface area (Å²) in [5.74, 6) is 0.0457. The quantitative estimate of drug-likeness (QED) is 0.766. The van der Waals surface area contributed by atoms with Gasteiger partial charge in [0.25, 0.3) is 0 Å². The predicted octanol–water partition coefficient (Wildman–Crippen LogP) is 1.09. The van der Waals surface area contributed by atoms with Crippen molar-refractivity contribution in [1.82, 2.24) is 14.9 Å². The van der Waals surface area contributed by atoms with Gasteiger partial charge in [-0.3, -0.25) is 5.10 Å². The number of H-pyrrole nitrogens is 1. The molecule has 0 spiro atoms. The maximum atomic E-state index is 12.0. The molecular formula is C10H14N4O2S2. The van der Waals surface area contributed by atoms with Crippen molar-refractivity contribution < 1.29 is 8.42 Å². The maximum absolute atomic E-state index is 12.0. The first-order chi connectivity index (χ1) is 8.54. The Bertz CT molecular complexity index is 630. The summed E-state index contributed by atoms with van der Waals surface area (Å²) in [6.07, 6.45) is 2.08. The Morgan fingerprint density at radius 1 is 1.56 bits per heavy atom. The first-order valence-electron chi connectivity index (χ1n) is 5.38. The predicted molar refractivity (Wildman–Crippen MR) is 70.7 cm³/mol. The number of nitrogens with zero attached hydrogens (tertiary/aromatic N) is 1. The van der Waals surface area contributed by atoms with E-state index in [4.69, 9.17) is 5.73 Å². The molecule has 0 fully saturated rings. The third kappa shape index (κ3) is 2.55. The van der Waals surface area contributed by atoms with E-state index in [-0.39, 0.29) is 17.3 Å². The van der Waals surface area contributed by atoms with Crippen LogP contribution in [-0.4, -0.2) is 18.6 Å². The lowest BCUT2D eigenvalue weighted by Gasteiger charge is -2.05. The zero-order valence-electron chi connectivity index (χ0n) is 9.80.